The number of amides is 1. The third kappa shape index (κ3) is 4.46. The monoisotopic (exact) mass is 356 g/mol. The van der Waals surface area contributed by atoms with Crippen LogP contribution in [0.5, 0.6) is 5.75 Å². The molecule has 1 aliphatic rings. The van der Waals surface area contributed by atoms with E-state index in [2.05, 4.69) is 5.32 Å². The van der Waals surface area contributed by atoms with E-state index in [-0.39, 0.29) is 17.4 Å². The van der Waals surface area contributed by atoms with Gasteiger partial charge in [-0.05, 0) is 38.0 Å². The van der Waals surface area contributed by atoms with Crippen LogP contribution in [-0.2, 0) is 19.6 Å². The predicted molar refractivity (Wildman–Crippen MR) is 90.7 cm³/mol. The molecule has 0 atom stereocenters. The molecule has 134 valence electrons. The molecule has 1 saturated heterocycles. The van der Waals surface area contributed by atoms with Crippen molar-refractivity contribution in [3.8, 4) is 5.75 Å². The first-order chi connectivity index (χ1) is 11.5. The molecule has 1 heterocycles. The van der Waals surface area contributed by atoms with Crippen LogP contribution in [0.25, 0.3) is 0 Å². The van der Waals surface area contributed by atoms with Gasteiger partial charge in [0.1, 0.15) is 17.3 Å². The zero-order valence-electron chi connectivity index (χ0n) is 14.1. The van der Waals surface area contributed by atoms with Crippen molar-refractivity contribution in [3.63, 3.8) is 0 Å². The normalized spacial score (nSPS) is 15.9. The Kier molecular flexibility index (Phi) is 6.59. The number of benzene rings is 1. The second-order valence-electron chi connectivity index (χ2n) is 5.54. The third-order valence-corrected chi connectivity index (χ3v) is 5.66. The number of carbonyl (C=O) groups is 1. The maximum Gasteiger partial charge on any atom is 0.250 e. The van der Waals surface area contributed by atoms with Crippen LogP contribution < -0.4 is 10.1 Å². The minimum atomic E-state index is -3.66. The highest BCUT2D eigenvalue weighted by molar-refractivity contribution is 7.89. The first kappa shape index (κ1) is 18.7. The van der Waals surface area contributed by atoms with Gasteiger partial charge in [-0.2, -0.15) is 4.31 Å². The summed E-state index contributed by atoms with van der Waals surface area (Å²) in [5.41, 5.74) is 0.399. The molecule has 0 unspecified atom stereocenters. The number of nitrogens with one attached hydrogen (secondary N) is 1. The van der Waals surface area contributed by atoms with Crippen molar-refractivity contribution in [2.45, 2.75) is 31.1 Å². The fourth-order valence-corrected chi connectivity index (χ4v) is 4.31. The van der Waals surface area contributed by atoms with E-state index >= 15 is 0 Å². The van der Waals surface area contributed by atoms with Crippen LogP contribution in [0.4, 0.5) is 5.69 Å². The molecule has 1 amide bonds. The molecule has 0 radical (unpaired) electrons. The van der Waals surface area contributed by atoms with Crippen LogP contribution in [0.15, 0.2) is 23.1 Å². The molecule has 2 rings (SSSR count). The van der Waals surface area contributed by atoms with Gasteiger partial charge in [-0.3, -0.25) is 4.79 Å². The first-order valence-corrected chi connectivity index (χ1v) is 9.49. The van der Waals surface area contributed by atoms with Crippen LogP contribution in [-0.4, -0.2) is 52.0 Å². The lowest BCUT2D eigenvalue weighted by atomic mass is 10.2. The van der Waals surface area contributed by atoms with E-state index in [1.807, 2.05) is 0 Å². The Morgan fingerprint density at radius 1 is 1.25 bits per heavy atom. The molecule has 1 fully saturated rings. The number of nitrogens with zero attached hydrogens (tertiary/aromatic N) is 1. The summed E-state index contributed by atoms with van der Waals surface area (Å²) < 4.78 is 37.6. The van der Waals surface area contributed by atoms with Crippen LogP contribution in [0.1, 0.15) is 26.2 Å². The average molecular weight is 356 g/mol. The van der Waals surface area contributed by atoms with Crippen LogP contribution >= 0.6 is 0 Å². The molecule has 0 aliphatic carbocycles. The molecule has 1 N–H and O–H groups in total. The van der Waals surface area contributed by atoms with Crippen molar-refractivity contribution in [2.24, 2.45) is 0 Å². The number of sulfonamides is 1. The number of ether oxygens (including phenoxy) is 2. The summed E-state index contributed by atoms with van der Waals surface area (Å²) >= 11 is 0. The molecule has 1 aromatic carbocycles. The van der Waals surface area contributed by atoms with Crippen LogP contribution in [0.3, 0.4) is 0 Å². The summed E-state index contributed by atoms with van der Waals surface area (Å²) in [6.07, 6.45) is 2.75. The molecule has 0 saturated carbocycles. The Hall–Kier alpha value is -1.64. The molecule has 1 aromatic rings. The number of anilines is 1. The van der Waals surface area contributed by atoms with Gasteiger partial charge in [0.25, 0.3) is 0 Å². The van der Waals surface area contributed by atoms with E-state index in [1.54, 1.807) is 19.1 Å². The molecule has 0 bridgehead atoms. The van der Waals surface area contributed by atoms with E-state index in [1.165, 1.54) is 17.5 Å². The summed E-state index contributed by atoms with van der Waals surface area (Å²) in [6.45, 7) is 3.08. The first-order valence-electron chi connectivity index (χ1n) is 8.05. The lowest BCUT2D eigenvalue weighted by molar-refractivity contribution is -0.119. The third-order valence-electron chi connectivity index (χ3n) is 3.74. The lowest BCUT2D eigenvalue weighted by Crippen LogP contribution is -2.35. The van der Waals surface area contributed by atoms with Crippen LogP contribution in [0, 0.1) is 0 Å². The number of methoxy groups -OCH3 is 1. The maximum absolute atomic E-state index is 13.0. The highest BCUT2D eigenvalue weighted by Gasteiger charge is 2.29. The van der Waals surface area contributed by atoms with Crippen molar-refractivity contribution in [3.05, 3.63) is 18.2 Å². The Morgan fingerprint density at radius 2 is 1.96 bits per heavy atom. The largest absolute Gasteiger partial charge is 0.492 e. The standard InChI is InChI=1S/C16H24N2O5S/c1-3-23-14-8-7-13(17-16(19)12-22-2)11-15(14)24(20,21)18-9-5-4-6-10-18/h7-8,11H,3-6,9-10,12H2,1-2H3,(H,17,19). The lowest BCUT2D eigenvalue weighted by Gasteiger charge is -2.27. The summed E-state index contributed by atoms with van der Waals surface area (Å²) in [5, 5.41) is 2.63. The highest BCUT2D eigenvalue weighted by Crippen LogP contribution is 2.31. The zero-order chi connectivity index (χ0) is 17.6. The van der Waals surface area contributed by atoms with Gasteiger partial charge < -0.3 is 14.8 Å². The Balaban J connectivity index is 2.35. The van der Waals surface area contributed by atoms with Crippen LogP contribution in [0.2, 0.25) is 0 Å². The molecule has 8 heteroatoms. The molecule has 1 aliphatic heterocycles. The van der Waals surface area contributed by atoms with Crippen molar-refractivity contribution >= 4 is 21.6 Å². The van der Waals surface area contributed by atoms with Crippen molar-refractivity contribution in [1.29, 1.82) is 0 Å². The van der Waals surface area contributed by atoms with Crippen molar-refractivity contribution < 1.29 is 22.7 Å². The zero-order valence-corrected chi connectivity index (χ0v) is 14.9. The molecular weight excluding hydrogens is 332 g/mol. The number of hydrogen-bond acceptors (Lipinski definition) is 5. The summed E-state index contributed by atoms with van der Waals surface area (Å²) in [4.78, 5) is 11.7. The SMILES string of the molecule is CCOc1ccc(NC(=O)COC)cc1S(=O)(=O)N1CCCCC1. The fraction of sp³-hybridized carbons (Fsp3) is 0.562. The minimum absolute atomic E-state index is 0.0847. The number of hydrogen-bond donors (Lipinski definition) is 1. The Morgan fingerprint density at radius 3 is 2.58 bits per heavy atom. The smallest absolute Gasteiger partial charge is 0.250 e. The number of piperidine rings is 1. The number of rotatable bonds is 7. The van der Waals surface area contributed by atoms with Gasteiger partial charge in [0.15, 0.2) is 0 Å². The number of carbonyl (C=O) groups excluding carboxylic acids is 1. The fourth-order valence-electron chi connectivity index (χ4n) is 2.63. The summed E-state index contributed by atoms with van der Waals surface area (Å²) in [7, 11) is -2.24. The van der Waals surface area contributed by atoms with E-state index in [4.69, 9.17) is 9.47 Å². The molecular formula is C16H24N2O5S. The minimum Gasteiger partial charge on any atom is -0.492 e. The Bertz CT molecular complexity index is 669. The van der Waals surface area contributed by atoms with Crippen molar-refractivity contribution in [1.82, 2.24) is 4.31 Å². The average Bonchev–Trinajstić information content (AvgIpc) is 2.57. The van der Waals surface area contributed by atoms with E-state index in [0.717, 1.165) is 19.3 Å². The van der Waals surface area contributed by atoms with Gasteiger partial charge in [0.2, 0.25) is 15.9 Å². The predicted octanol–water partition coefficient (Wildman–Crippen LogP) is 1.84. The molecule has 0 spiro atoms. The van der Waals surface area contributed by atoms with Gasteiger partial charge in [-0.25, -0.2) is 8.42 Å². The van der Waals surface area contributed by atoms with E-state index in [0.29, 0.717) is 31.1 Å². The molecule has 24 heavy (non-hydrogen) atoms. The van der Waals surface area contributed by atoms with Gasteiger partial charge in [-0.1, -0.05) is 6.42 Å². The van der Waals surface area contributed by atoms with Crippen molar-refractivity contribution in [2.75, 3.05) is 38.7 Å². The van der Waals surface area contributed by atoms with E-state index < -0.39 is 10.0 Å². The quantitative estimate of drug-likeness (QED) is 0.806. The van der Waals surface area contributed by atoms with Gasteiger partial charge in [0.05, 0.1) is 6.61 Å². The summed E-state index contributed by atoms with van der Waals surface area (Å²) in [6, 6.07) is 4.64. The maximum atomic E-state index is 13.0. The topological polar surface area (TPSA) is 84.9 Å². The van der Waals surface area contributed by atoms with Gasteiger partial charge >= 0.3 is 0 Å². The second kappa shape index (κ2) is 8.46. The Labute approximate surface area is 143 Å². The van der Waals surface area contributed by atoms with E-state index in [9.17, 15) is 13.2 Å². The molecule has 7 nitrogen and oxygen atoms in total. The van der Waals surface area contributed by atoms with Gasteiger partial charge in [-0.15, -0.1) is 0 Å². The molecule has 0 aromatic heterocycles. The van der Waals surface area contributed by atoms with Gasteiger partial charge in [0, 0.05) is 25.9 Å². The second-order valence-corrected chi connectivity index (χ2v) is 7.45. The highest BCUT2D eigenvalue weighted by atomic mass is 32.2. The summed E-state index contributed by atoms with van der Waals surface area (Å²) in [5.74, 6) is -0.0456.